The smallest absolute Gasteiger partial charge is 0.287 e. The molecule has 0 aliphatic carbocycles. The van der Waals surface area contributed by atoms with Gasteiger partial charge in [0.2, 0.25) is 0 Å². The number of likely N-dealkylation sites (tertiary alicyclic amines) is 1. The van der Waals surface area contributed by atoms with Crippen LogP contribution in [0.5, 0.6) is 0 Å². The van der Waals surface area contributed by atoms with Gasteiger partial charge in [-0.15, -0.1) is 24.0 Å². The number of nitrogens with one attached hydrogen (secondary N) is 2. The van der Waals surface area contributed by atoms with Crippen molar-refractivity contribution in [2.45, 2.75) is 39.2 Å². The molecule has 0 bridgehead atoms. The van der Waals surface area contributed by atoms with Crippen molar-refractivity contribution in [3.8, 4) is 0 Å². The van der Waals surface area contributed by atoms with Gasteiger partial charge in [0.25, 0.3) is 5.91 Å². The molecule has 142 valence electrons. The van der Waals surface area contributed by atoms with Crippen molar-refractivity contribution in [2.75, 3.05) is 32.7 Å². The average Bonchev–Trinajstić information content (AvgIpc) is 3.00. The second kappa shape index (κ2) is 11.3. The average molecular weight is 464 g/mol. The highest BCUT2D eigenvalue weighted by Crippen LogP contribution is 2.10. The first-order valence-electron chi connectivity index (χ1n) is 8.65. The molecular weight excluding hydrogens is 435 g/mol. The number of aliphatic imine (C=N–C) groups is 1. The number of piperidine rings is 1. The molecule has 1 saturated heterocycles. The van der Waals surface area contributed by atoms with E-state index in [1.54, 1.807) is 6.07 Å². The Balaban J connectivity index is 0.00000312. The van der Waals surface area contributed by atoms with Crippen LogP contribution in [0, 0.1) is 6.92 Å². The molecular formula is C17H29IN4O3. The summed E-state index contributed by atoms with van der Waals surface area (Å²) in [6.07, 6.45) is 3.65. The Morgan fingerprint density at radius 1 is 1.40 bits per heavy atom. The van der Waals surface area contributed by atoms with E-state index in [9.17, 15) is 9.90 Å². The third kappa shape index (κ3) is 6.85. The van der Waals surface area contributed by atoms with Crippen LogP contribution in [-0.4, -0.2) is 60.7 Å². The van der Waals surface area contributed by atoms with Gasteiger partial charge in [-0.25, -0.2) is 0 Å². The Kier molecular flexibility index (Phi) is 9.88. The number of guanidine groups is 1. The molecule has 0 unspecified atom stereocenters. The fourth-order valence-corrected chi connectivity index (χ4v) is 2.66. The minimum Gasteiger partial charge on any atom is -0.459 e. The molecule has 2 rings (SSSR count). The fourth-order valence-electron chi connectivity index (χ4n) is 2.66. The maximum absolute atomic E-state index is 11.9. The second-order valence-corrected chi connectivity index (χ2v) is 6.00. The second-order valence-electron chi connectivity index (χ2n) is 6.00. The number of carbonyl (C=O) groups is 1. The topological polar surface area (TPSA) is 90.1 Å². The number of aryl methyl sites for hydroxylation is 1. The van der Waals surface area contributed by atoms with Gasteiger partial charge in [0.15, 0.2) is 11.7 Å². The summed E-state index contributed by atoms with van der Waals surface area (Å²) in [7, 11) is 0. The number of furan rings is 1. The maximum atomic E-state index is 11.9. The predicted octanol–water partition coefficient (Wildman–Crippen LogP) is 1.75. The van der Waals surface area contributed by atoms with Gasteiger partial charge in [0.05, 0.1) is 12.4 Å². The number of amides is 1. The van der Waals surface area contributed by atoms with Crippen molar-refractivity contribution in [1.29, 1.82) is 0 Å². The van der Waals surface area contributed by atoms with Crippen molar-refractivity contribution >= 4 is 35.8 Å². The van der Waals surface area contributed by atoms with Crippen LogP contribution >= 0.6 is 24.0 Å². The highest BCUT2D eigenvalue weighted by atomic mass is 127. The molecule has 1 fully saturated rings. The minimum absolute atomic E-state index is 0. The summed E-state index contributed by atoms with van der Waals surface area (Å²) in [4.78, 5) is 18.7. The van der Waals surface area contributed by atoms with Crippen LogP contribution < -0.4 is 10.6 Å². The molecule has 0 radical (unpaired) electrons. The maximum Gasteiger partial charge on any atom is 0.287 e. The van der Waals surface area contributed by atoms with Crippen molar-refractivity contribution in [3.63, 3.8) is 0 Å². The van der Waals surface area contributed by atoms with E-state index >= 15 is 0 Å². The van der Waals surface area contributed by atoms with Gasteiger partial charge in [-0.3, -0.25) is 9.79 Å². The summed E-state index contributed by atoms with van der Waals surface area (Å²) in [5.41, 5.74) is 0.840. The molecule has 7 nitrogen and oxygen atoms in total. The van der Waals surface area contributed by atoms with Gasteiger partial charge in [-0.2, -0.15) is 0 Å². The Hall–Kier alpha value is -1.29. The quantitative estimate of drug-likeness (QED) is 0.258. The molecule has 3 N–H and O–H groups in total. The summed E-state index contributed by atoms with van der Waals surface area (Å²) in [5.74, 6) is 1.08. The molecule has 25 heavy (non-hydrogen) atoms. The number of halogens is 1. The van der Waals surface area contributed by atoms with Gasteiger partial charge in [-0.1, -0.05) is 0 Å². The first-order chi connectivity index (χ1) is 11.6. The van der Waals surface area contributed by atoms with Crippen LogP contribution in [0.1, 0.15) is 42.3 Å². The molecule has 0 saturated carbocycles. The minimum atomic E-state index is -0.190. The number of rotatable bonds is 6. The van der Waals surface area contributed by atoms with Crippen LogP contribution in [-0.2, 0) is 0 Å². The summed E-state index contributed by atoms with van der Waals surface area (Å²) in [6.45, 7) is 7.54. The molecule has 0 atom stereocenters. The van der Waals surface area contributed by atoms with Crippen molar-refractivity contribution < 1.29 is 14.3 Å². The molecule has 1 aliphatic rings. The highest BCUT2D eigenvalue weighted by Gasteiger charge is 2.19. The zero-order chi connectivity index (χ0) is 17.4. The van der Waals surface area contributed by atoms with Gasteiger partial charge in [0, 0.05) is 38.3 Å². The monoisotopic (exact) mass is 464 g/mol. The van der Waals surface area contributed by atoms with Crippen molar-refractivity contribution in [2.24, 2.45) is 4.99 Å². The van der Waals surface area contributed by atoms with Crippen LogP contribution in [0.2, 0.25) is 0 Å². The molecule has 0 aromatic carbocycles. The van der Waals surface area contributed by atoms with Gasteiger partial charge in [0.1, 0.15) is 0 Å². The number of aliphatic hydroxyl groups is 1. The summed E-state index contributed by atoms with van der Waals surface area (Å²) < 4.78 is 5.16. The number of carbonyl (C=O) groups excluding carboxylic acids is 1. The number of hydrogen-bond acceptors (Lipinski definition) is 4. The normalized spacial score (nSPS) is 15.6. The Morgan fingerprint density at radius 3 is 2.72 bits per heavy atom. The molecule has 1 aromatic rings. The molecule has 1 aliphatic heterocycles. The summed E-state index contributed by atoms with van der Waals surface area (Å²) in [5, 5.41) is 15.7. The van der Waals surface area contributed by atoms with Crippen LogP contribution in [0.15, 0.2) is 21.7 Å². The van der Waals surface area contributed by atoms with E-state index in [4.69, 9.17) is 4.42 Å². The molecule has 1 amide bonds. The molecule has 2 heterocycles. The van der Waals surface area contributed by atoms with Gasteiger partial charge < -0.3 is 25.1 Å². The van der Waals surface area contributed by atoms with E-state index in [0.29, 0.717) is 18.8 Å². The lowest BCUT2D eigenvalue weighted by molar-refractivity contribution is 0.0925. The number of hydrogen-bond donors (Lipinski definition) is 3. The zero-order valence-corrected chi connectivity index (χ0v) is 17.3. The largest absolute Gasteiger partial charge is 0.459 e. The Morgan fingerprint density at radius 2 is 2.12 bits per heavy atom. The number of aliphatic hydroxyl groups excluding tert-OH is 1. The van der Waals surface area contributed by atoms with E-state index in [2.05, 4.69) is 20.5 Å². The third-order valence-electron chi connectivity index (χ3n) is 4.05. The standard InChI is InChI=1S/C17H28N4O3.HI/c1-3-18-17(21-10-5-14(22)6-11-21)20-9-4-8-19-16(23)15-13(2)7-12-24-15;/h7,12,14,22H,3-6,8-11H2,1-2H3,(H,18,20)(H,19,23);1H. The first kappa shape index (κ1) is 21.8. The van der Waals surface area contributed by atoms with Crippen molar-refractivity contribution in [1.82, 2.24) is 15.5 Å². The van der Waals surface area contributed by atoms with E-state index < -0.39 is 0 Å². The van der Waals surface area contributed by atoms with E-state index in [1.807, 2.05) is 13.8 Å². The Bertz CT molecular complexity index is 554. The predicted molar refractivity (Wildman–Crippen MR) is 109 cm³/mol. The zero-order valence-electron chi connectivity index (χ0n) is 15.0. The number of nitrogens with zero attached hydrogens (tertiary/aromatic N) is 2. The first-order valence-corrected chi connectivity index (χ1v) is 8.65. The lowest BCUT2D eigenvalue weighted by Crippen LogP contribution is -2.46. The highest BCUT2D eigenvalue weighted by molar-refractivity contribution is 14.0. The van der Waals surface area contributed by atoms with Gasteiger partial charge >= 0.3 is 0 Å². The molecule has 1 aromatic heterocycles. The van der Waals surface area contributed by atoms with Gasteiger partial charge in [-0.05, 0) is 39.2 Å². The summed E-state index contributed by atoms with van der Waals surface area (Å²) >= 11 is 0. The lowest BCUT2D eigenvalue weighted by atomic mass is 10.1. The Labute approximate surface area is 166 Å². The lowest BCUT2D eigenvalue weighted by Gasteiger charge is -2.32. The van der Waals surface area contributed by atoms with Crippen molar-refractivity contribution in [3.05, 3.63) is 23.7 Å². The molecule has 8 heteroatoms. The fraction of sp³-hybridized carbons (Fsp3) is 0.647. The SMILES string of the molecule is CCNC(=NCCCNC(=O)c1occc1C)N1CCC(O)CC1.I. The van der Waals surface area contributed by atoms with E-state index in [0.717, 1.165) is 50.4 Å². The summed E-state index contributed by atoms with van der Waals surface area (Å²) in [6, 6.07) is 1.78. The van der Waals surface area contributed by atoms with E-state index in [1.165, 1.54) is 6.26 Å². The van der Waals surface area contributed by atoms with E-state index in [-0.39, 0.29) is 36.0 Å². The third-order valence-corrected chi connectivity index (χ3v) is 4.05. The van der Waals surface area contributed by atoms with Crippen LogP contribution in [0.25, 0.3) is 0 Å². The van der Waals surface area contributed by atoms with Crippen LogP contribution in [0.3, 0.4) is 0 Å². The van der Waals surface area contributed by atoms with Crippen LogP contribution in [0.4, 0.5) is 0 Å². The molecule has 0 spiro atoms.